The summed E-state index contributed by atoms with van der Waals surface area (Å²) >= 11 is 0. The SMILES string of the molecule is CC1(C)c2ccccc2-c2ccc(N(c3ccc(-c4ccc(-c5ccc6c(c5)c5ccccc5n6-c5ccccc5)cc4)cc3)c3ccc(-c4ccc(-c5cccc6c5oc5ccccc56)cc4)cc3)cc21. The van der Waals surface area contributed by atoms with Gasteiger partial charge in [-0.2, -0.15) is 0 Å². The Morgan fingerprint density at radius 2 is 0.833 bits per heavy atom. The lowest BCUT2D eigenvalue weighted by Gasteiger charge is -2.28. The van der Waals surface area contributed by atoms with Crippen LogP contribution in [0, 0.1) is 0 Å². The number of aromatic nitrogens is 1. The third-order valence-corrected chi connectivity index (χ3v) is 15.2. The zero-order valence-electron chi connectivity index (χ0n) is 40.1. The fraction of sp³-hybridized carbons (Fsp3) is 0.0435. The molecule has 0 aliphatic heterocycles. The van der Waals surface area contributed by atoms with Gasteiger partial charge in [0.05, 0.1) is 11.0 Å². The van der Waals surface area contributed by atoms with E-state index in [4.69, 9.17) is 4.42 Å². The van der Waals surface area contributed by atoms with Gasteiger partial charge in [-0.3, -0.25) is 0 Å². The van der Waals surface area contributed by atoms with E-state index in [-0.39, 0.29) is 5.41 Å². The summed E-state index contributed by atoms with van der Waals surface area (Å²) < 4.78 is 8.76. The van der Waals surface area contributed by atoms with E-state index in [9.17, 15) is 0 Å². The van der Waals surface area contributed by atoms with Gasteiger partial charge in [0.1, 0.15) is 11.2 Å². The molecule has 0 N–H and O–H groups in total. The van der Waals surface area contributed by atoms with Crippen LogP contribution < -0.4 is 4.90 Å². The molecule has 1 aliphatic carbocycles. The van der Waals surface area contributed by atoms with E-state index in [1.165, 1.54) is 72.0 Å². The predicted octanol–water partition coefficient (Wildman–Crippen LogP) is 19.1. The average Bonchev–Trinajstić information content (AvgIpc) is 4.07. The highest BCUT2D eigenvalue weighted by molar-refractivity contribution is 6.11. The molecule has 0 atom stereocenters. The number of nitrogens with zero attached hydrogens (tertiary/aromatic N) is 2. The van der Waals surface area contributed by atoms with Crippen molar-refractivity contribution in [3.63, 3.8) is 0 Å². The summed E-state index contributed by atoms with van der Waals surface area (Å²) in [6, 6.07) is 92.8. The van der Waals surface area contributed by atoms with Crippen molar-refractivity contribution in [3.8, 4) is 61.3 Å². The number of hydrogen-bond acceptors (Lipinski definition) is 2. The maximum absolute atomic E-state index is 6.39. The van der Waals surface area contributed by atoms with Crippen LogP contribution in [0.15, 0.2) is 259 Å². The number of fused-ring (bicyclic) bond motifs is 9. The van der Waals surface area contributed by atoms with Crippen LogP contribution in [0.4, 0.5) is 17.1 Å². The lowest BCUT2D eigenvalue weighted by atomic mass is 9.82. The zero-order chi connectivity index (χ0) is 47.9. The fourth-order valence-corrected chi connectivity index (χ4v) is 11.6. The summed E-state index contributed by atoms with van der Waals surface area (Å²) in [7, 11) is 0. The van der Waals surface area contributed by atoms with Gasteiger partial charge in [0, 0.05) is 55.3 Å². The van der Waals surface area contributed by atoms with E-state index in [1.807, 2.05) is 12.1 Å². The molecule has 11 aromatic carbocycles. The Morgan fingerprint density at radius 3 is 1.54 bits per heavy atom. The number of hydrogen-bond donors (Lipinski definition) is 0. The number of furan rings is 1. The van der Waals surface area contributed by atoms with Gasteiger partial charge in [-0.05, 0) is 134 Å². The first-order valence-corrected chi connectivity index (χ1v) is 24.9. The smallest absolute Gasteiger partial charge is 0.143 e. The number of para-hydroxylation sites is 4. The molecule has 13 aromatic rings. The molecule has 0 spiro atoms. The third kappa shape index (κ3) is 6.73. The molecule has 72 heavy (non-hydrogen) atoms. The van der Waals surface area contributed by atoms with Gasteiger partial charge in [0.15, 0.2) is 0 Å². The van der Waals surface area contributed by atoms with Crippen LogP contribution in [-0.4, -0.2) is 4.57 Å². The first-order chi connectivity index (χ1) is 35.4. The van der Waals surface area contributed by atoms with E-state index < -0.39 is 0 Å². The highest BCUT2D eigenvalue weighted by atomic mass is 16.3. The fourth-order valence-electron chi connectivity index (χ4n) is 11.6. The predicted molar refractivity (Wildman–Crippen MR) is 302 cm³/mol. The van der Waals surface area contributed by atoms with Gasteiger partial charge >= 0.3 is 0 Å². The molecule has 0 saturated heterocycles. The van der Waals surface area contributed by atoms with E-state index in [1.54, 1.807) is 0 Å². The first kappa shape index (κ1) is 41.8. The summed E-state index contributed by atoms with van der Waals surface area (Å²) in [6.07, 6.45) is 0. The summed E-state index contributed by atoms with van der Waals surface area (Å²) in [5.41, 5.74) is 23.3. The topological polar surface area (TPSA) is 21.3 Å². The molecule has 0 radical (unpaired) electrons. The van der Waals surface area contributed by atoms with Gasteiger partial charge in [0.25, 0.3) is 0 Å². The van der Waals surface area contributed by atoms with E-state index in [2.05, 4.69) is 266 Å². The highest BCUT2D eigenvalue weighted by Gasteiger charge is 2.35. The molecule has 2 heterocycles. The second-order valence-electron chi connectivity index (χ2n) is 19.7. The summed E-state index contributed by atoms with van der Waals surface area (Å²) in [4.78, 5) is 2.40. The molecule has 0 fully saturated rings. The van der Waals surface area contributed by atoms with Crippen LogP contribution in [-0.2, 0) is 5.41 Å². The largest absolute Gasteiger partial charge is 0.455 e. The van der Waals surface area contributed by atoms with Gasteiger partial charge in [0.2, 0.25) is 0 Å². The minimum atomic E-state index is -0.123. The highest BCUT2D eigenvalue weighted by Crippen LogP contribution is 2.51. The maximum atomic E-state index is 6.39. The first-order valence-electron chi connectivity index (χ1n) is 24.9. The summed E-state index contributed by atoms with van der Waals surface area (Å²) in [5, 5.41) is 4.80. The Kier molecular flexibility index (Phi) is 9.56. The monoisotopic (exact) mass is 920 g/mol. The van der Waals surface area contributed by atoms with Crippen LogP contribution in [0.1, 0.15) is 25.0 Å². The van der Waals surface area contributed by atoms with Gasteiger partial charge in [-0.25, -0.2) is 0 Å². The quantitative estimate of drug-likeness (QED) is 0.151. The third-order valence-electron chi connectivity index (χ3n) is 15.2. The minimum Gasteiger partial charge on any atom is -0.455 e. The van der Waals surface area contributed by atoms with Gasteiger partial charge in [-0.15, -0.1) is 0 Å². The normalized spacial score (nSPS) is 12.7. The van der Waals surface area contributed by atoms with Crippen LogP contribution in [0.5, 0.6) is 0 Å². The molecule has 3 heteroatoms. The lowest BCUT2D eigenvalue weighted by Crippen LogP contribution is -2.16. The molecule has 1 aliphatic rings. The summed E-state index contributed by atoms with van der Waals surface area (Å²) in [6.45, 7) is 4.71. The Morgan fingerprint density at radius 1 is 0.333 bits per heavy atom. The van der Waals surface area contributed by atoms with Crippen LogP contribution in [0.3, 0.4) is 0 Å². The van der Waals surface area contributed by atoms with Crippen molar-refractivity contribution >= 4 is 60.8 Å². The standard InChI is InChI=1S/C69H48N2O/c1-69(2)63-20-9-6-15-57(63)58-41-40-55(44-64(58)69)70(54-38-33-48(34-39-54)46-27-29-50(30-28-46)56-18-12-19-61-60-17-8-11-22-67(60)72-68(56)61)53-36-31-47(32-37-53)45-23-25-49(26-24-45)51-35-42-66-62(43-51)59-16-7-10-21-65(59)71(66)52-13-4-3-5-14-52/h3-44H,1-2H3. The van der Waals surface area contributed by atoms with Crippen molar-refractivity contribution in [1.29, 1.82) is 0 Å². The van der Waals surface area contributed by atoms with Crippen molar-refractivity contribution in [2.24, 2.45) is 0 Å². The molecular formula is C69H48N2O. The van der Waals surface area contributed by atoms with Crippen LogP contribution in [0.2, 0.25) is 0 Å². The van der Waals surface area contributed by atoms with Crippen molar-refractivity contribution in [3.05, 3.63) is 266 Å². The molecule has 0 unspecified atom stereocenters. The molecular weight excluding hydrogens is 873 g/mol. The maximum Gasteiger partial charge on any atom is 0.143 e. The molecule has 0 amide bonds. The van der Waals surface area contributed by atoms with Crippen molar-refractivity contribution in [2.75, 3.05) is 4.90 Å². The molecule has 340 valence electrons. The van der Waals surface area contributed by atoms with Crippen molar-refractivity contribution in [1.82, 2.24) is 4.57 Å². The second-order valence-corrected chi connectivity index (χ2v) is 19.7. The Hall–Kier alpha value is -9.18. The van der Waals surface area contributed by atoms with E-state index in [0.717, 1.165) is 61.3 Å². The minimum absolute atomic E-state index is 0.123. The lowest BCUT2D eigenvalue weighted by molar-refractivity contribution is 0.660. The van der Waals surface area contributed by atoms with E-state index in [0.29, 0.717) is 0 Å². The molecule has 2 aromatic heterocycles. The molecule has 14 rings (SSSR count). The Balaban J connectivity index is 0.784. The average molecular weight is 921 g/mol. The van der Waals surface area contributed by atoms with Gasteiger partial charge < -0.3 is 13.9 Å². The molecule has 3 nitrogen and oxygen atoms in total. The Labute approximate surface area is 419 Å². The zero-order valence-corrected chi connectivity index (χ0v) is 40.1. The molecule has 0 saturated carbocycles. The van der Waals surface area contributed by atoms with Crippen molar-refractivity contribution < 1.29 is 4.42 Å². The van der Waals surface area contributed by atoms with Crippen molar-refractivity contribution in [2.45, 2.75) is 19.3 Å². The second kappa shape index (κ2) is 16.5. The Bertz CT molecular complexity index is 4200. The molecule has 0 bridgehead atoms. The van der Waals surface area contributed by atoms with E-state index >= 15 is 0 Å². The van der Waals surface area contributed by atoms with Crippen LogP contribution in [0.25, 0.3) is 105 Å². The number of benzene rings is 11. The summed E-state index contributed by atoms with van der Waals surface area (Å²) in [5.74, 6) is 0. The number of anilines is 3. The number of rotatable bonds is 8. The van der Waals surface area contributed by atoms with Crippen LogP contribution >= 0.6 is 0 Å². The van der Waals surface area contributed by atoms with Gasteiger partial charge in [-0.1, -0.05) is 196 Å².